The molecule has 7 atom stereocenters. The minimum absolute atomic E-state index is 0.0791. The summed E-state index contributed by atoms with van der Waals surface area (Å²) in [6.45, 7) is 17.1. The summed E-state index contributed by atoms with van der Waals surface area (Å²) < 4.78 is 63.6. The zero-order valence-electron chi connectivity index (χ0n) is 33.9. The predicted molar refractivity (Wildman–Crippen MR) is 218 cm³/mol. The highest BCUT2D eigenvalue weighted by molar-refractivity contribution is 5.61. The summed E-state index contributed by atoms with van der Waals surface area (Å²) in [5.41, 5.74) is 5.04. The van der Waals surface area contributed by atoms with E-state index < -0.39 is 17.3 Å². The lowest BCUT2D eigenvalue weighted by Gasteiger charge is -2.63. The third kappa shape index (κ3) is 7.93. The number of nitrogens with one attached hydrogen (secondary N) is 1. The lowest BCUT2D eigenvalue weighted by Crippen LogP contribution is -2.75. The minimum Gasteiger partial charge on any atom is -0.486 e. The quantitative estimate of drug-likeness (QED) is 0.0948. The maximum atomic E-state index is 13.0. The van der Waals surface area contributed by atoms with Crippen LogP contribution in [-0.2, 0) is 27.5 Å². The zero-order valence-corrected chi connectivity index (χ0v) is 33.9. The predicted octanol–water partition coefficient (Wildman–Crippen LogP) is 7.64. The number of ether oxygens (including phenoxy) is 4. The fourth-order valence-corrected chi connectivity index (χ4v) is 10.3. The van der Waals surface area contributed by atoms with Crippen LogP contribution in [0.25, 0.3) is 0 Å². The molecule has 8 nitrogen and oxygen atoms in total. The topological polar surface area (TPSA) is 75.7 Å². The van der Waals surface area contributed by atoms with Gasteiger partial charge in [0.25, 0.3) is 0 Å². The number of hydrogen-bond donors (Lipinski definition) is 2. The number of halogens is 3. The molecule has 2 unspecified atom stereocenters. The number of likely N-dealkylation sites (tertiary alicyclic amines) is 1. The van der Waals surface area contributed by atoms with Crippen molar-refractivity contribution in [3.63, 3.8) is 0 Å². The lowest BCUT2D eigenvalue weighted by molar-refractivity contribution is -0.174. The van der Waals surface area contributed by atoms with Gasteiger partial charge >= 0.3 is 6.18 Å². The van der Waals surface area contributed by atoms with Gasteiger partial charge in [-0.15, -0.1) is 0 Å². The summed E-state index contributed by atoms with van der Waals surface area (Å²) in [4.78, 5) is 4.74. The van der Waals surface area contributed by atoms with E-state index in [0.717, 1.165) is 98.6 Å². The first-order valence-corrected chi connectivity index (χ1v) is 21.0. The highest BCUT2D eigenvalue weighted by atomic mass is 19.4. The molecule has 11 heteroatoms. The molecule has 5 aliphatic rings. The van der Waals surface area contributed by atoms with Crippen LogP contribution < -0.4 is 14.8 Å². The molecule has 0 amide bonds. The Morgan fingerprint density at radius 1 is 1.02 bits per heavy atom. The smallest absolute Gasteiger partial charge is 0.416 e. The van der Waals surface area contributed by atoms with Gasteiger partial charge in [0, 0.05) is 55.8 Å². The van der Waals surface area contributed by atoms with Crippen molar-refractivity contribution in [3.05, 3.63) is 119 Å². The molecule has 1 spiro atoms. The lowest BCUT2D eigenvalue weighted by atomic mass is 9.48. The Balaban J connectivity index is 0.709. The summed E-state index contributed by atoms with van der Waals surface area (Å²) >= 11 is 0. The standard InChI is InChI=1S/C47H58F3N3O5/c1-31-10-11-35-29-41-46(54)18-16-32(2)44-45(46,42(35)43(31)58-44)19-22-53(41)30-36-28-39(36)33(3)51-20-24-55-26-27-56-25-23-52(4)21-17-40(34-8-6-5-7-9-34)57-38-14-12-37(13-15-38)47(48,49)50/h5-15,36,39-41,44,51,54H,2-3,16-30H2,1,4H3/t36?,39-,40?,41+,44-,45-,46+/m0/s1. The SMILES string of the molecule is C=C(NCCOCCOCCN(C)CCC(Oc1ccc(C(F)(F)F)cc1)c1ccccc1)[C@@H]1CC1CN1CC[C@]23c4c5ccc(C)c4O[C@H]2C(=C)CC[C@@]3(O)[C@H]1C5. The molecule has 2 N–H and O–H groups in total. The van der Waals surface area contributed by atoms with Gasteiger partial charge in [0.2, 0.25) is 0 Å². The molecule has 2 heterocycles. The summed E-state index contributed by atoms with van der Waals surface area (Å²) in [6.07, 6.45) is 0.260. The maximum Gasteiger partial charge on any atom is 0.416 e. The molecule has 8 rings (SSSR count). The van der Waals surface area contributed by atoms with Crippen LogP contribution in [0.3, 0.4) is 0 Å². The van der Waals surface area contributed by atoms with Crippen LogP contribution in [0.1, 0.15) is 66.0 Å². The fraction of sp³-hybridized carbons (Fsp3) is 0.532. The third-order valence-corrected chi connectivity index (χ3v) is 13.6. The van der Waals surface area contributed by atoms with Crippen LogP contribution in [0.2, 0.25) is 0 Å². The van der Waals surface area contributed by atoms with Crippen molar-refractivity contribution in [1.29, 1.82) is 0 Å². The van der Waals surface area contributed by atoms with Crippen LogP contribution in [0.15, 0.2) is 91.2 Å². The van der Waals surface area contributed by atoms with E-state index in [9.17, 15) is 18.3 Å². The Bertz CT molecular complexity index is 1940. The number of piperidine rings is 1. The second kappa shape index (κ2) is 16.6. The number of alkyl halides is 3. The number of aryl methyl sites for hydroxylation is 1. The van der Waals surface area contributed by atoms with E-state index in [-0.39, 0.29) is 23.7 Å². The highest BCUT2D eigenvalue weighted by Gasteiger charge is 2.71. The van der Waals surface area contributed by atoms with Crippen molar-refractivity contribution in [2.45, 2.75) is 80.9 Å². The Morgan fingerprint density at radius 2 is 1.78 bits per heavy atom. The molecular formula is C47H58F3N3O5. The number of aliphatic hydroxyl groups is 1. The molecule has 3 aliphatic carbocycles. The Kier molecular flexibility index (Phi) is 11.7. The molecule has 2 saturated carbocycles. The molecule has 58 heavy (non-hydrogen) atoms. The molecule has 3 aromatic rings. The van der Waals surface area contributed by atoms with E-state index in [1.807, 2.05) is 37.4 Å². The zero-order chi connectivity index (χ0) is 40.7. The average Bonchev–Trinajstić information content (AvgIpc) is 3.88. The largest absolute Gasteiger partial charge is 0.486 e. The maximum absolute atomic E-state index is 13.0. The van der Waals surface area contributed by atoms with E-state index in [1.54, 1.807) is 0 Å². The Labute approximate surface area is 341 Å². The van der Waals surface area contributed by atoms with Gasteiger partial charge in [-0.05, 0) is 105 Å². The third-order valence-electron chi connectivity index (χ3n) is 13.6. The van der Waals surface area contributed by atoms with E-state index in [2.05, 4.69) is 47.3 Å². The highest BCUT2D eigenvalue weighted by Crippen LogP contribution is 2.65. The normalized spacial score (nSPS) is 27.5. The number of nitrogens with zero attached hydrogens (tertiary/aromatic N) is 2. The summed E-state index contributed by atoms with van der Waals surface area (Å²) in [5.74, 6) is 2.37. The van der Waals surface area contributed by atoms with Gasteiger partial charge in [0.1, 0.15) is 23.7 Å². The van der Waals surface area contributed by atoms with Gasteiger partial charge in [-0.1, -0.05) is 55.6 Å². The van der Waals surface area contributed by atoms with Gasteiger partial charge in [-0.25, -0.2) is 0 Å². The molecule has 3 fully saturated rings. The van der Waals surface area contributed by atoms with Gasteiger partial charge in [-0.3, -0.25) is 4.90 Å². The number of allylic oxidation sites excluding steroid dienone is 1. The van der Waals surface area contributed by atoms with Crippen LogP contribution >= 0.6 is 0 Å². The summed E-state index contributed by atoms with van der Waals surface area (Å²) in [5, 5.41) is 16.2. The first kappa shape index (κ1) is 40.9. The van der Waals surface area contributed by atoms with E-state index >= 15 is 0 Å². The van der Waals surface area contributed by atoms with Crippen molar-refractivity contribution in [3.8, 4) is 11.5 Å². The van der Waals surface area contributed by atoms with E-state index in [4.69, 9.17) is 18.9 Å². The number of benzene rings is 3. The fourth-order valence-electron chi connectivity index (χ4n) is 10.3. The van der Waals surface area contributed by atoms with Crippen LogP contribution in [0.4, 0.5) is 13.2 Å². The monoisotopic (exact) mass is 801 g/mol. The molecule has 0 radical (unpaired) electrons. The Hall–Kier alpha value is -3.87. The van der Waals surface area contributed by atoms with E-state index in [0.29, 0.717) is 57.0 Å². The second-order valence-corrected chi connectivity index (χ2v) is 17.2. The summed E-state index contributed by atoms with van der Waals surface area (Å²) in [7, 11) is 2.02. The minimum atomic E-state index is -4.38. The molecule has 2 bridgehead atoms. The number of rotatable bonds is 19. The van der Waals surface area contributed by atoms with Crippen molar-refractivity contribution in [2.24, 2.45) is 11.8 Å². The van der Waals surface area contributed by atoms with Crippen LogP contribution in [0, 0.1) is 18.8 Å². The van der Waals surface area contributed by atoms with E-state index in [1.165, 1.54) is 23.3 Å². The molecule has 0 aromatic heterocycles. The number of likely N-dealkylation sites (N-methyl/N-ethyl adjacent to an activating group) is 1. The van der Waals surface area contributed by atoms with Crippen molar-refractivity contribution in [2.75, 3.05) is 66.2 Å². The van der Waals surface area contributed by atoms with Crippen molar-refractivity contribution in [1.82, 2.24) is 15.1 Å². The molecule has 2 aliphatic heterocycles. The van der Waals surface area contributed by atoms with Crippen molar-refractivity contribution < 1.29 is 37.2 Å². The first-order chi connectivity index (χ1) is 27.9. The molecule has 1 saturated heterocycles. The number of hydrogen-bond acceptors (Lipinski definition) is 8. The van der Waals surface area contributed by atoms with Crippen LogP contribution in [-0.4, -0.2) is 98.9 Å². The second-order valence-electron chi connectivity index (χ2n) is 17.2. The van der Waals surface area contributed by atoms with Crippen LogP contribution in [0.5, 0.6) is 11.5 Å². The Morgan fingerprint density at radius 3 is 2.53 bits per heavy atom. The molecule has 3 aromatic carbocycles. The van der Waals surface area contributed by atoms with Gasteiger partial charge in [0.05, 0.1) is 43.0 Å². The first-order valence-electron chi connectivity index (χ1n) is 21.0. The van der Waals surface area contributed by atoms with Gasteiger partial charge in [0.15, 0.2) is 0 Å². The molecular weight excluding hydrogens is 744 g/mol. The molecule has 312 valence electrons. The van der Waals surface area contributed by atoms with Gasteiger partial charge < -0.3 is 34.3 Å². The average molecular weight is 802 g/mol. The summed E-state index contributed by atoms with van der Waals surface area (Å²) in [6, 6.07) is 19.1. The van der Waals surface area contributed by atoms with Crippen molar-refractivity contribution >= 4 is 0 Å². The van der Waals surface area contributed by atoms with Gasteiger partial charge in [-0.2, -0.15) is 13.2 Å².